The van der Waals surface area contributed by atoms with E-state index in [9.17, 15) is 8.42 Å². The van der Waals surface area contributed by atoms with E-state index in [-0.39, 0.29) is 4.90 Å². The normalized spacial score (nSPS) is 11.7. The van der Waals surface area contributed by atoms with Gasteiger partial charge in [-0.25, -0.2) is 13.4 Å². The Kier molecular flexibility index (Phi) is 4.12. The van der Waals surface area contributed by atoms with E-state index in [4.69, 9.17) is 0 Å². The molecule has 0 unspecified atom stereocenters. The van der Waals surface area contributed by atoms with Crippen molar-refractivity contribution in [3.63, 3.8) is 0 Å². The molecule has 0 saturated carbocycles. The maximum Gasteiger partial charge on any atom is 0.261 e. The lowest BCUT2D eigenvalue weighted by Gasteiger charge is -2.08. The van der Waals surface area contributed by atoms with Gasteiger partial charge < -0.3 is 0 Å². The molecule has 7 heteroatoms. The van der Waals surface area contributed by atoms with Crippen LogP contribution >= 0.6 is 23.1 Å². The fraction of sp³-hybridized carbons (Fsp3) is 0.133. The number of hydrogen-bond donors (Lipinski definition) is 1. The summed E-state index contributed by atoms with van der Waals surface area (Å²) in [6, 6.07) is 12.2. The predicted molar refractivity (Wildman–Crippen MR) is 93.4 cm³/mol. The van der Waals surface area contributed by atoms with E-state index < -0.39 is 10.0 Å². The highest BCUT2D eigenvalue weighted by molar-refractivity contribution is 8.00. The van der Waals surface area contributed by atoms with Gasteiger partial charge in [-0.1, -0.05) is 23.9 Å². The number of aromatic nitrogens is 1. The summed E-state index contributed by atoms with van der Waals surface area (Å²) in [5.41, 5.74) is 2.34. The number of hydrogen-bond acceptors (Lipinski definition) is 5. The zero-order valence-electron chi connectivity index (χ0n) is 12.0. The topological polar surface area (TPSA) is 59.1 Å². The molecule has 3 aromatic rings. The van der Waals surface area contributed by atoms with E-state index in [0.717, 1.165) is 20.1 Å². The van der Waals surface area contributed by atoms with Crippen molar-refractivity contribution in [3.05, 3.63) is 48.0 Å². The van der Waals surface area contributed by atoms with Gasteiger partial charge >= 0.3 is 0 Å². The molecule has 0 fully saturated rings. The van der Waals surface area contributed by atoms with Crippen LogP contribution in [0.3, 0.4) is 0 Å². The van der Waals surface area contributed by atoms with Crippen molar-refractivity contribution < 1.29 is 8.42 Å². The number of anilines is 1. The molecule has 22 heavy (non-hydrogen) atoms. The summed E-state index contributed by atoms with van der Waals surface area (Å²) in [6.07, 6.45) is 1.97. The standard InChI is InChI=1S/C15H14N2O2S3/c1-10-4-3-5-12(8-10)22(18,19)17-11-6-7-13-14(9-11)21-15(16-13)20-2/h3-9,17H,1-2H3. The monoisotopic (exact) mass is 350 g/mol. The third-order valence-corrected chi connectivity index (χ3v) is 6.48. The molecule has 0 bridgehead atoms. The summed E-state index contributed by atoms with van der Waals surface area (Å²) in [7, 11) is -3.57. The number of thioether (sulfide) groups is 1. The van der Waals surface area contributed by atoms with Gasteiger partial charge in [-0.15, -0.1) is 11.3 Å². The molecule has 1 N–H and O–H groups in total. The number of rotatable bonds is 4. The fourth-order valence-corrected chi connectivity index (χ4v) is 4.73. The minimum absolute atomic E-state index is 0.265. The molecule has 0 aliphatic carbocycles. The lowest BCUT2D eigenvalue weighted by Crippen LogP contribution is -2.12. The van der Waals surface area contributed by atoms with Crippen LogP contribution in [0.4, 0.5) is 5.69 Å². The molecular formula is C15H14N2O2S3. The Bertz CT molecular complexity index is 933. The number of sulfonamides is 1. The van der Waals surface area contributed by atoms with E-state index in [1.54, 1.807) is 47.4 Å². The first-order valence-corrected chi connectivity index (χ1v) is 10.0. The highest BCUT2D eigenvalue weighted by Gasteiger charge is 2.15. The average Bonchev–Trinajstić information content (AvgIpc) is 2.89. The Morgan fingerprint density at radius 3 is 2.73 bits per heavy atom. The second-order valence-electron chi connectivity index (χ2n) is 4.79. The summed E-state index contributed by atoms with van der Waals surface area (Å²) in [6.45, 7) is 1.87. The quantitative estimate of drug-likeness (QED) is 0.719. The van der Waals surface area contributed by atoms with E-state index in [0.29, 0.717) is 5.69 Å². The van der Waals surface area contributed by atoms with Crippen molar-refractivity contribution in [2.24, 2.45) is 0 Å². The second-order valence-corrected chi connectivity index (χ2v) is 8.55. The molecule has 2 aromatic carbocycles. The first-order chi connectivity index (χ1) is 10.5. The van der Waals surface area contributed by atoms with Crippen molar-refractivity contribution >= 4 is 49.0 Å². The van der Waals surface area contributed by atoms with Gasteiger partial charge in [-0.05, 0) is 49.1 Å². The molecule has 0 aliphatic rings. The molecule has 0 aliphatic heterocycles. The molecule has 0 amide bonds. The van der Waals surface area contributed by atoms with Crippen molar-refractivity contribution in [2.75, 3.05) is 11.0 Å². The van der Waals surface area contributed by atoms with E-state index in [1.807, 2.05) is 31.4 Å². The van der Waals surface area contributed by atoms with E-state index in [1.165, 1.54) is 0 Å². The van der Waals surface area contributed by atoms with Gasteiger partial charge in [0.1, 0.15) is 0 Å². The Balaban J connectivity index is 1.94. The summed E-state index contributed by atoms with van der Waals surface area (Å²) < 4.78 is 29.4. The zero-order chi connectivity index (χ0) is 15.7. The highest BCUT2D eigenvalue weighted by atomic mass is 32.2. The Labute approximate surface area is 137 Å². The van der Waals surface area contributed by atoms with Crippen LogP contribution in [0.5, 0.6) is 0 Å². The highest BCUT2D eigenvalue weighted by Crippen LogP contribution is 2.30. The SMILES string of the molecule is CSc1nc2ccc(NS(=O)(=O)c3cccc(C)c3)cc2s1. The third-order valence-electron chi connectivity index (χ3n) is 3.10. The van der Waals surface area contributed by atoms with Crippen LogP contribution in [-0.4, -0.2) is 19.7 Å². The zero-order valence-corrected chi connectivity index (χ0v) is 14.5. The molecule has 0 atom stereocenters. The molecule has 0 spiro atoms. The second kappa shape index (κ2) is 5.91. The number of nitrogens with one attached hydrogen (secondary N) is 1. The third kappa shape index (κ3) is 3.11. The first-order valence-electron chi connectivity index (χ1n) is 6.52. The largest absolute Gasteiger partial charge is 0.280 e. The van der Waals surface area contributed by atoms with Crippen LogP contribution in [0.1, 0.15) is 5.56 Å². The van der Waals surface area contributed by atoms with Gasteiger partial charge in [-0.3, -0.25) is 4.72 Å². The maximum atomic E-state index is 12.4. The summed E-state index contributed by atoms with van der Waals surface area (Å²) >= 11 is 3.13. The van der Waals surface area contributed by atoms with Crippen LogP contribution < -0.4 is 4.72 Å². The van der Waals surface area contributed by atoms with Crippen molar-refractivity contribution in [1.29, 1.82) is 0 Å². The smallest absolute Gasteiger partial charge is 0.261 e. The summed E-state index contributed by atoms with van der Waals surface area (Å²) in [4.78, 5) is 4.71. The average molecular weight is 350 g/mol. The van der Waals surface area contributed by atoms with Gasteiger partial charge in [0.05, 0.1) is 20.8 Å². The minimum atomic E-state index is -3.57. The van der Waals surface area contributed by atoms with Crippen molar-refractivity contribution in [1.82, 2.24) is 4.98 Å². The number of nitrogens with zero attached hydrogens (tertiary/aromatic N) is 1. The Morgan fingerprint density at radius 2 is 2.00 bits per heavy atom. The van der Waals surface area contributed by atoms with Crippen LogP contribution in [-0.2, 0) is 10.0 Å². The molecule has 114 valence electrons. The lowest BCUT2D eigenvalue weighted by atomic mass is 10.2. The van der Waals surface area contributed by atoms with Crippen LogP contribution in [0.25, 0.3) is 10.2 Å². The molecule has 4 nitrogen and oxygen atoms in total. The number of aryl methyl sites for hydroxylation is 1. The maximum absolute atomic E-state index is 12.4. The molecule has 3 rings (SSSR count). The van der Waals surface area contributed by atoms with Crippen molar-refractivity contribution in [3.8, 4) is 0 Å². The van der Waals surface area contributed by atoms with Crippen LogP contribution in [0, 0.1) is 6.92 Å². The number of thiazole rings is 1. The molecular weight excluding hydrogens is 336 g/mol. The number of fused-ring (bicyclic) bond motifs is 1. The Hall–Kier alpha value is -1.57. The van der Waals surface area contributed by atoms with Crippen LogP contribution in [0.2, 0.25) is 0 Å². The fourth-order valence-electron chi connectivity index (χ4n) is 2.05. The van der Waals surface area contributed by atoms with Gasteiger partial charge in [0.25, 0.3) is 10.0 Å². The Morgan fingerprint density at radius 1 is 1.18 bits per heavy atom. The van der Waals surface area contributed by atoms with Crippen LogP contribution in [0.15, 0.2) is 51.7 Å². The van der Waals surface area contributed by atoms with Gasteiger partial charge in [0.2, 0.25) is 0 Å². The molecule has 0 radical (unpaired) electrons. The summed E-state index contributed by atoms with van der Waals surface area (Å²) in [5.74, 6) is 0. The van der Waals surface area contributed by atoms with E-state index >= 15 is 0 Å². The lowest BCUT2D eigenvalue weighted by molar-refractivity contribution is 0.601. The molecule has 1 aromatic heterocycles. The predicted octanol–water partition coefficient (Wildman–Crippen LogP) is 4.13. The van der Waals surface area contributed by atoms with E-state index in [2.05, 4.69) is 9.71 Å². The number of benzene rings is 2. The van der Waals surface area contributed by atoms with Gasteiger partial charge in [0, 0.05) is 0 Å². The molecule has 1 heterocycles. The van der Waals surface area contributed by atoms with Crippen molar-refractivity contribution in [2.45, 2.75) is 16.2 Å². The summed E-state index contributed by atoms with van der Waals surface area (Å²) in [5, 5.41) is 0. The van der Waals surface area contributed by atoms with Gasteiger partial charge in [-0.2, -0.15) is 0 Å². The minimum Gasteiger partial charge on any atom is -0.280 e. The molecule has 0 saturated heterocycles. The van der Waals surface area contributed by atoms with Gasteiger partial charge in [0.15, 0.2) is 4.34 Å². The first kappa shape index (κ1) is 15.3.